The van der Waals surface area contributed by atoms with Gasteiger partial charge in [0.25, 0.3) is 0 Å². The first kappa shape index (κ1) is 10.9. The number of aromatic nitrogens is 1. The lowest BCUT2D eigenvalue weighted by molar-refractivity contribution is -0.510. The van der Waals surface area contributed by atoms with E-state index in [1.165, 1.54) is 0 Å². The van der Waals surface area contributed by atoms with Crippen LogP contribution in [0.4, 0.5) is 0 Å². The Morgan fingerprint density at radius 1 is 0.938 bits per heavy atom. The van der Waals surface area contributed by atoms with Gasteiger partial charge in [-0.15, -0.1) is 0 Å². The fourth-order valence-corrected chi connectivity index (χ4v) is 1.82. The molecule has 16 heavy (non-hydrogen) atoms. The minimum absolute atomic E-state index is 0. The van der Waals surface area contributed by atoms with Crippen molar-refractivity contribution < 1.29 is 26.5 Å². The third kappa shape index (κ3) is 1.74. The highest BCUT2D eigenvalue weighted by Gasteiger charge is 2.04. The summed E-state index contributed by atoms with van der Waals surface area (Å²) in [6.07, 6.45) is 4.08. The van der Waals surface area contributed by atoms with E-state index in [9.17, 15) is 5.11 Å². The molecule has 2 nitrogen and oxygen atoms in total. The molecular weight excluding hydrogens is 266 g/mol. The van der Waals surface area contributed by atoms with Crippen LogP contribution in [0, 0.1) is 0 Å². The standard InChI is InChI=1S/C13H9NO.BrH/c15-13-5-4-10-9-14-6-2-1-3-12(14)7-11(10)8-13;/h1-9H;1H. The summed E-state index contributed by atoms with van der Waals surface area (Å²) in [6, 6.07) is 13.5. The van der Waals surface area contributed by atoms with Crippen molar-refractivity contribution in [1.82, 2.24) is 0 Å². The van der Waals surface area contributed by atoms with E-state index in [1.54, 1.807) is 12.1 Å². The lowest BCUT2D eigenvalue weighted by atomic mass is 10.1. The van der Waals surface area contributed by atoms with Gasteiger partial charge >= 0.3 is 0 Å². The average Bonchev–Trinajstić information content (AvgIpc) is 2.26. The molecule has 3 rings (SSSR count). The Bertz CT molecular complexity index is 652. The maximum atomic E-state index is 9.40. The second-order valence-corrected chi connectivity index (χ2v) is 3.62. The van der Waals surface area contributed by atoms with Crippen LogP contribution in [-0.4, -0.2) is 5.11 Å². The highest BCUT2D eigenvalue weighted by molar-refractivity contribution is 5.84. The normalized spacial score (nSPS) is 10.2. The van der Waals surface area contributed by atoms with E-state index < -0.39 is 0 Å². The Morgan fingerprint density at radius 3 is 2.69 bits per heavy atom. The van der Waals surface area contributed by atoms with E-state index in [0.717, 1.165) is 16.3 Å². The van der Waals surface area contributed by atoms with Crippen LogP contribution < -0.4 is 21.4 Å². The van der Waals surface area contributed by atoms with Gasteiger partial charge < -0.3 is 22.1 Å². The Balaban J connectivity index is 0.000000963. The molecule has 0 saturated heterocycles. The Kier molecular flexibility index (Phi) is 2.79. The zero-order valence-electron chi connectivity index (χ0n) is 8.47. The molecule has 1 N–H and O–H groups in total. The number of benzene rings is 1. The van der Waals surface area contributed by atoms with Gasteiger partial charge in [-0.05, 0) is 29.7 Å². The molecule has 0 aliphatic carbocycles. The molecule has 0 unspecified atom stereocenters. The molecule has 0 amide bonds. The smallest absolute Gasteiger partial charge is 0.211 e. The third-order valence-electron chi connectivity index (χ3n) is 2.57. The Hall–Kier alpha value is -1.61. The zero-order valence-corrected chi connectivity index (χ0v) is 10.1. The largest absolute Gasteiger partial charge is 1.00 e. The predicted octanol–water partition coefficient (Wildman–Crippen LogP) is -0.712. The summed E-state index contributed by atoms with van der Waals surface area (Å²) >= 11 is 0. The van der Waals surface area contributed by atoms with Crippen LogP contribution >= 0.6 is 0 Å². The van der Waals surface area contributed by atoms with E-state index >= 15 is 0 Å². The number of pyridine rings is 2. The molecular formula is C13H10BrNO. The first-order chi connectivity index (χ1) is 7.33. The quantitative estimate of drug-likeness (QED) is 0.426. The van der Waals surface area contributed by atoms with Gasteiger partial charge in [-0.25, -0.2) is 0 Å². The molecule has 1 aromatic carbocycles. The summed E-state index contributed by atoms with van der Waals surface area (Å²) in [7, 11) is 0. The van der Waals surface area contributed by atoms with Gasteiger partial charge in [0.1, 0.15) is 5.75 Å². The number of hydrogen-bond donors (Lipinski definition) is 1. The highest BCUT2D eigenvalue weighted by Crippen LogP contribution is 2.19. The lowest BCUT2D eigenvalue weighted by Crippen LogP contribution is -3.00. The second kappa shape index (κ2) is 4.10. The van der Waals surface area contributed by atoms with Crippen molar-refractivity contribution in [2.24, 2.45) is 0 Å². The number of aromatic hydroxyl groups is 1. The van der Waals surface area contributed by atoms with Gasteiger partial charge in [0.2, 0.25) is 5.52 Å². The van der Waals surface area contributed by atoms with Crippen LogP contribution in [0.25, 0.3) is 16.3 Å². The molecule has 2 aromatic heterocycles. The average molecular weight is 276 g/mol. The van der Waals surface area contributed by atoms with Crippen molar-refractivity contribution in [1.29, 1.82) is 0 Å². The van der Waals surface area contributed by atoms with Gasteiger partial charge in [-0.2, -0.15) is 4.40 Å². The maximum absolute atomic E-state index is 9.40. The molecule has 0 atom stereocenters. The summed E-state index contributed by atoms with van der Waals surface area (Å²) in [5, 5.41) is 11.6. The summed E-state index contributed by atoms with van der Waals surface area (Å²) in [6.45, 7) is 0. The fraction of sp³-hybridized carbons (Fsp3) is 0. The molecule has 2 heterocycles. The van der Waals surface area contributed by atoms with Gasteiger partial charge in [0.05, 0.1) is 0 Å². The SMILES string of the molecule is Oc1ccc2c[n+]3ccccc3cc2c1.[Br-]. The van der Waals surface area contributed by atoms with Crippen molar-refractivity contribution in [3.05, 3.63) is 54.9 Å². The summed E-state index contributed by atoms with van der Waals surface area (Å²) < 4.78 is 2.07. The number of hydrogen-bond acceptors (Lipinski definition) is 1. The molecule has 0 bridgehead atoms. The monoisotopic (exact) mass is 275 g/mol. The Morgan fingerprint density at radius 2 is 1.81 bits per heavy atom. The number of nitrogens with zero attached hydrogens (tertiary/aromatic N) is 1. The lowest BCUT2D eigenvalue weighted by Gasteiger charge is -1.97. The number of halogens is 1. The van der Waals surface area contributed by atoms with Crippen LogP contribution in [0.15, 0.2) is 54.9 Å². The van der Waals surface area contributed by atoms with Gasteiger partial charge in [0.15, 0.2) is 12.4 Å². The van der Waals surface area contributed by atoms with Crippen molar-refractivity contribution in [2.75, 3.05) is 0 Å². The first-order valence-corrected chi connectivity index (χ1v) is 4.86. The van der Waals surface area contributed by atoms with Gasteiger partial charge in [0, 0.05) is 23.6 Å². The third-order valence-corrected chi connectivity index (χ3v) is 2.57. The van der Waals surface area contributed by atoms with E-state index in [-0.39, 0.29) is 17.0 Å². The van der Waals surface area contributed by atoms with E-state index in [1.807, 2.05) is 30.5 Å². The minimum atomic E-state index is 0. The number of phenolic OH excluding ortho intramolecular Hbond substituents is 1. The van der Waals surface area contributed by atoms with Gasteiger partial charge in [-0.3, -0.25) is 0 Å². The molecule has 3 heteroatoms. The number of phenols is 1. The summed E-state index contributed by atoms with van der Waals surface area (Å²) in [5.74, 6) is 0.308. The van der Waals surface area contributed by atoms with Crippen molar-refractivity contribution in [3.63, 3.8) is 0 Å². The molecule has 0 fully saturated rings. The van der Waals surface area contributed by atoms with Crippen LogP contribution in [-0.2, 0) is 0 Å². The molecule has 0 radical (unpaired) electrons. The molecule has 0 saturated carbocycles. The number of rotatable bonds is 0. The van der Waals surface area contributed by atoms with Crippen molar-refractivity contribution >= 4 is 16.3 Å². The van der Waals surface area contributed by atoms with E-state index in [2.05, 4.69) is 16.7 Å². The topological polar surface area (TPSA) is 24.3 Å². The maximum Gasteiger partial charge on any atom is 0.211 e. The van der Waals surface area contributed by atoms with Crippen LogP contribution in [0.3, 0.4) is 0 Å². The summed E-state index contributed by atoms with van der Waals surface area (Å²) in [5.41, 5.74) is 1.12. The zero-order chi connectivity index (χ0) is 10.3. The predicted molar refractivity (Wildman–Crippen MR) is 58.8 cm³/mol. The number of fused-ring (bicyclic) bond motifs is 2. The molecule has 0 aliphatic rings. The molecule has 0 spiro atoms. The van der Waals surface area contributed by atoms with E-state index in [4.69, 9.17) is 0 Å². The first-order valence-electron chi connectivity index (χ1n) is 4.86. The molecule has 0 aliphatic heterocycles. The van der Waals surface area contributed by atoms with E-state index in [0.29, 0.717) is 5.75 Å². The van der Waals surface area contributed by atoms with Crippen molar-refractivity contribution in [2.45, 2.75) is 0 Å². The van der Waals surface area contributed by atoms with Crippen LogP contribution in [0.1, 0.15) is 0 Å². The minimum Gasteiger partial charge on any atom is -1.00 e. The molecule has 3 aromatic rings. The van der Waals surface area contributed by atoms with Crippen LogP contribution in [0.5, 0.6) is 5.75 Å². The second-order valence-electron chi connectivity index (χ2n) is 3.62. The van der Waals surface area contributed by atoms with Crippen molar-refractivity contribution in [3.8, 4) is 5.75 Å². The Labute approximate surface area is 104 Å². The fourth-order valence-electron chi connectivity index (χ4n) is 1.82. The highest BCUT2D eigenvalue weighted by atomic mass is 79.9. The van der Waals surface area contributed by atoms with Gasteiger partial charge in [-0.1, -0.05) is 0 Å². The van der Waals surface area contributed by atoms with Crippen LogP contribution in [0.2, 0.25) is 0 Å². The molecule has 80 valence electrons. The summed E-state index contributed by atoms with van der Waals surface area (Å²) in [4.78, 5) is 0.